The highest BCUT2D eigenvalue weighted by Gasteiger charge is 2.25. The number of halogens is 1. The maximum atomic E-state index is 2.43. The molecule has 0 atom stereocenters. The fraction of sp³-hybridized carbons (Fsp3) is 1.00. The molecule has 1 heterocycles. The molecule has 2 heteroatoms. The van der Waals surface area contributed by atoms with Gasteiger partial charge in [-0.15, -0.1) is 0 Å². The number of rotatable bonds is 1. The highest BCUT2D eigenvalue weighted by molar-refractivity contribution is 4.73. The monoisotopic (exact) mass is 163 g/mol. The van der Waals surface area contributed by atoms with Crippen LogP contribution in [0.25, 0.3) is 0 Å². The summed E-state index contributed by atoms with van der Waals surface area (Å²) in [6.45, 7) is 7.43. The van der Waals surface area contributed by atoms with E-state index in [1.165, 1.54) is 32.4 Å². The Morgan fingerprint density at radius 3 is 2.10 bits per heavy atom. The molecule has 2 N–H and O–H groups in total. The standard InChI is InChI=1S/C8H17N.ClH/c1-3-8(2)4-6-9-7-5-8;/h9H,3-7H2,1-2H3;1H. The van der Waals surface area contributed by atoms with Gasteiger partial charge in [-0.3, -0.25) is 0 Å². The first kappa shape index (κ1) is 10.2. The molecule has 0 bridgehead atoms. The van der Waals surface area contributed by atoms with E-state index in [-0.39, 0.29) is 12.4 Å². The summed E-state index contributed by atoms with van der Waals surface area (Å²) in [6, 6.07) is 0. The van der Waals surface area contributed by atoms with Crippen molar-refractivity contribution >= 4 is 0 Å². The molecule has 0 aromatic carbocycles. The maximum absolute atomic E-state index is 2.43. The predicted octanol–water partition coefficient (Wildman–Crippen LogP) is -2.24. The van der Waals surface area contributed by atoms with Crippen molar-refractivity contribution in [1.82, 2.24) is 0 Å². The highest BCUT2D eigenvalue weighted by atomic mass is 35.5. The maximum Gasteiger partial charge on any atom is 0.0760 e. The van der Waals surface area contributed by atoms with Crippen LogP contribution < -0.4 is 17.7 Å². The van der Waals surface area contributed by atoms with Crippen molar-refractivity contribution in [2.75, 3.05) is 13.1 Å². The Morgan fingerprint density at radius 2 is 1.80 bits per heavy atom. The molecule has 0 aromatic rings. The van der Waals surface area contributed by atoms with Gasteiger partial charge in [0, 0.05) is 12.8 Å². The molecule has 0 unspecified atom stereocenters. The van der Waals surface area contributed by atoms with Gasteiger partial charge < -0.3 is 17.7 Å². The van der Waals surface area contributed by atoms with E-state index in [4.69, 9.17) is 0 Å². The summed E-state index contributed by atoms with van der Waals surface area (Å²) in [5.41, 5.74) is 0.689. The van der Waals surface area contributed by atoms with E-state index in [1.807, 2.05) is 0 Å². The molecular formula is C8H18ClN. The number of hydrogen-bond acceptors (Lipinski definition) is 0. The number of piperidine rings is 1. The molecule has 1 saturated heterocycles. The summed E-state index contributed by atoms with van der Waals surface area (Å²) in [6.07, 6.45) is 4.20. The second-order valence-corrected chi connectivity index (χ2v) is 3.53. The number of nitrogens with two attached hydrogens (primary N) is 1. The normalized spacial score (nSPS) is 23.4. The van der Waals surface area contributed by atoms with Crippen molar-refractivity contribution in [3.63, 3.8) is 0 Å². The lowest BCUT2D eigenvalue weighted by Crippen LogP contribution is -3.00. The van der Waals surface area contributed by atoms with Gasteiger partial charge in [-0.1, -0.05) is 20.3 Å². The molecule has 0 aliphatic carbocycles. The molecule has 1 nitrogen and oxygen atoms in total. The van der Waals surface area contributed by atoms with E-state index in [1.54, 1.807) is 0 Å². The topological polar surface area (TPSA) is 16.6 Å². The second-order valence-electron chi connectivity index (χ2n) is 3.53. The average Bonchev–Trinajstić information content (AvgIpc) is 1.90. The van der Waals surface area contributed by atoms with Crippen LogP contribution in [-0.2, 0) is 0 Å². The zero-order valence-corrected chi connectivity index (χ0v) is 7.75. The van der Waals surface area contributed by atoms with Crippen LogP contribution in [0.15, 0.2) is 0 Å². The molecule has 0 saturated carbocycles. The smallest absolute Gasteiger partial charge is 0.0760 e. The van der Waals surface area contributed by atoms with Crippen LogP contribution in [0.2, 0.25) is 0 Å². The zero-order chi connectivity index (χ0) is 6.74. The van der Waals surface area contributed by atoms with Crippen LogP contribution in [0.4, 0.5) is 0 Å². The molecule has 0 amide bonds. The zero-order valence-electron chi connectivity index (χ0n) is 6.99. The molecule has 62 valence electrons. The lowest BCUT2D eigenvalue weighted by Gasteiger charge is -2.30. The molecule has 10 heavy (non-hydrogen) atoms. The molecular weight excluding hydrogens is 146 g/mol. The Morgan fingerprint density at radius 1 is 1.30 bits per heavy atom. The second kappa shape index (κ2) is 4.20. The van der Waals surface area contributed by atoms with E-state index in [9.17, 15) is 0 Å². The first-order chi connectivity index (χ1) is 4.27. The number of hydrogen-bond donors (Lipinski definition) is 1. The van der Waals surface area contributed by atoms with Gasteiger partial charge in [-0.25, -0.2) is 0 Å². The first-order valence-corrected chi connectivity index (χ1v) is 4.08. The molecule has 0 spiro atoms. The van der Waals surface area contributed by atoms with Gasteiger partial charge in [0.05, 0.1) is 13.1 Å². The van der Waals surface area contributed by atoms with E-state index in [0.29, 0.717) is 5.41 Å². The SMILES string of the molecule is CCC1(C)CC[NH2+]CC1.[Cl-]. The largest absolute Gasteiger partial charge is 1.00 e. The van der Waals surface area contributed by atoms with Gasteiger partial charge in [0.25, 0.3) is 0 Å². The minimum atomic E-state index is 0. The summed E-state index contributed by atoms with van der Waals surface area (Å²) in [4.78, 5) is 0. The fourth-order valence-corrected chi connectivity index (χ4v) is 1.52. The van der Waals surface area contributed by atoms with Gasteiger partial charge >= 0.3 is 0 Å². The summed E-state index contributed by atoms with van der Waals surface area (Å²) >= 11 is 0. The van der Waals surface area contributed by atoms with Crippen LogP contribution in [0.3, 0.4) is 0 Å². The van der Waals surface area contributed by atoms with Crippen molar-refractivity contribution in [2.45, 2.75) is 33.1 Å². The Labute approximate surface area is 70.0 Å². The van der Waals surface area contributed by atoms with Crippen LogP contribution in [-0.4, -0.2) is 13.1 Å². The molecule has 0 radical (unpaired) electrons. The Balaban J connectivity index is 0.000000810. The summed E-state index contributed by atoms with van der Waals surface area (Å²) in [5, 5.41) is 2.43. The van der Waals surface area contributed by atoms with Crippen LogP contribution >= 0.6 is 0 Å². The summed E-state index contributed by atoms with van der Waals surface area (Å²) in [7, 11) is 0. The number of quaternary nitrogens is 1. The highest BCUT2D eigenvalue weighted by Crippen LogP contribution is 2.29. The van der Waals surface area contributed by atoms with Crippen LogP contribution in [0.1, 0.15) is 33.1 Å². The molecule has 1 rings (SSSR count). The van der Waals surface area contributed by atoms with E-state index < -0.39 is 0 Å². The first-order valence-electron chi connectivity index (χ1n) is 4.08. The van der Waals surface area contributed by atoms with Gasteiger partial charge in [-0.05, 0) is 5.41 Å². The van der Waals surface area contributed by atoms with Gasteiger partial charge in [-0.2, -0.15) is 0 Å². The third-order valence-corrected chi connectivity index (χ3v) is 2.76. The molecule has 0 aromatic heterocycles. The predicted molar refractivity (Wildman–Crippen MR) is 39.3 cm³/mol. The van der Waals surface area contributed by atoms with Crippen LogP contribution in [0, 0.1) is 5.41 Å². The minimum Gasteiger partial charge on any atom is -1.00 e. The van der Waals surface area contributed by atoms with Crippen LogP contribution in [0.5, 0.6) is 0 Å². The molecule has 1 fully saturated rings. The molecule has 1 aliphatic rings. The van der Waals surface area contributed by atoms with Crippen molar-refractivity contribution in [3.05, 3.63) is 0 Å². The van der Waals surface area contributed by atoms with E-state index in [2.05, 4.69) is 19.2 Å². The van der Waals surface area contributed by atoms with E-state index in [0.717, 1.165) is 0 Å². The summed E-state index contributed by atoms with van der Waals surface area (Å²) < 4.78 is 0. The summed E-state index contributed by atoms with van der Waals surface area (Å²) in [5.74, 6) is 0. The molecule has 1 aliphatic heterocycles. The van der Waals surface area contributed by atoms with Gasteiger partial charge in [0.2, 0.25) is 0 Å². The average molecular weight is 164 g/mol. The lowest BCUT2D eigenvalue weighted by atomic mass is 9.79. The quantitative estimate of drug-likeness (QED) is 0.451. The Hall–Kier alpha value is 0.250. The van der Waals surface area contributed by atoms with Gasteiger partial charge in [0.15, 0.2) is 0 Å². The lowest BCUT2D eigenvalue weighted by molar-refractivity contribution is -0.667. The van der Waals surface area contributed by atoms with Crippen molar-refractivity contribution in [1.29, 1.82) is 0 Å². The van der Waals surface area contributed by atoms with E-state index >= 15 is 0 Å². The van der Waals surface area contributed by atoms with Gasteiger partial charge in [0.1, 0.15) is 0 Å². The van der Waals surface area contributed by atoms with Crippen molar-refractivity contribution in [3.8, 4) is 0 Å². The third kappa shape index (κ3) is 2.47. The third-order valence-electron chi connectivity index (χ3n) is 2.76. The fourth-order valence-electron chi connectivity index (χ4n) is 1.52. The Bertz CT molecular complexity index is 87.3. The van der Waals surface area contributed by atoms with Crippen molar-refractivity contribution in [2.24, 2.45) is 5.41 Å². The minimum absolute atomic E-state index is 0. The van der Waals surface area contributed by atoms with Crippen molar-refractivity contribution < 1.29 is 17.7 Å². The Kier molecular flexibility index (Phi) is 4.30.